The van der Waals surface area contributed by atoms with Crippen LogP contribution >= 0.6 is 23.2 Å². The first-order valence-electron chi connectivity index (χ1n) is 23.2. The highest BCUT2D eigenvalue weighted by Crippen LogP contribution is 2.50. The minimum absolute atomic E-state index is 0.0124. The molecule has 370 valence electrons. The number of esters is 2. The molecule has 4 rings (SSSR count). The lowest BCUT2D eigenvalue weighted by Gasteiger charge is -2.45. The van der Waals surface area contributed by atoms with Crippen LogP contribution in [0.1, 0.15) is 164 Å². The number of phenols is 4. The molecule has 2 aliphatic carbocycles. The Labute approximate surface area is 406 Å². The molecule has 2 aromatic rings. The molecule has 67 heavy (non-hydrogen) atoms. The van der Waals surface area contributed by atoms with Gasteiger partial charge in [-0.2, -0.15) is 0 Å². The number of carbonyl (C=O) groups is 6. The van der Waals surface area contributed by atoms with Crippen LogP contribution in [0.3, 0.4) is 0 Å². The maximum absolute atomic E-state index is 12.6. The van der Waals surface area contributed by atoms with Crippen LogP contribution in [-0.2, 0) is 41.5 Å². The third kappa shape index (κ3) is 12.9. The number of carbonyl (C=O) groups excluding carboxylic acids is 6. The highest BCUT2D eigenvalue weighted by atomic mass is 35.5. The number of aldehydes is 2. The number of allylic oxidation sites excluding steroid dienone is 2. The van der Waals surface area contributed by atoms with Gasteiger partial charge < -0.3 is 29.9 Å². The zero-order valence-electron chi connectivity index (χ0n) is 41.5. The SMILES string of the molecule is C/C(=C\Cc1c(O)c(Cl)c(C)c(C=O)c1O)[C@@H](C[C@@]1(C)[C@H](C)CCC(=O)[C@@H]1C)OC(=O)CC(C)C.CC(=O)O[C@H](C[C@@]1(C)[C@H](C)CCC(=O)[C@@H]1C)/C(C)=C/Cc1c(O)c(Cl)c(C)c(C=O)c1O. The summed E-state index contributed by atoms with van der Waals surface area (Å²) in [6.45, 7) is 24.3. The predicted octanol–water partition coefficient (Wildman–Crippen LogP) is 11.7. The first kappa shape index (κ1) is 56.6. The van der Waals surface area contributed by atoms with Crippen LogP contribution in [0.25, 0.3) is 0 Å². The number of phenolic OH excluding ortho intramolecular Hbond substituents is 4. The summed E-state index contributed by atoms with van der Waals surface area (Å²) < 4.78 is 11.6. The second kappa shape index (κ2) is 23.6. The van der Waals surface area contributed by atoms with Crippen molar-refractivity contribution in [3.63, 3.8) is 0 Å². The van der Waals surface area contributed by atoms with E-state index >= 15 is 0 Å². The number of Topliss-reactive ketones (excluding diaryl/α,β-unsaturated/α-hetero) is 2. The van der Waals surface area contributed by atoms with Crippen molar-refractivity contribution in [3.05, 3.63) is 66.7 Å². The van der Waals surface area contributed by atoms with E-state index in [1.165, 1.54) is 6.92 Å². The second-order valence-electron chi connectivity index (χ2n) is 19.9. The van der Waals surface area contributed by atoms with Crippen molar-refractivity contribution in [2.75, 3.05) is 0 Å². The Morgan fingerprint density at radius 2 is 1.03 bits per heavy atom. The van der Waals surface area contributed by atoms with Crippen molar-refractivity contribution in [1.82, 2.24) is 0 Å². The van der Waals surface area contributed by atoms with Crippen LogP contribution in [-0.4, -0.2) is 68.7 Å². The van der Waals surface area contributed by atoms with E-state index in [0.29, 0.717) is 49.4 Å². The number of aromatic hydroxyl groups is 4. The maximum atomic E-state index is 12.6. The minimum Gasteiger partial charge on any atom is -0.507 e. The van der Waals surface area contributed by atoms with E-state index < -0.39 is 18.2 Å². The molecule has 4 N–H and O–H groups in total. The second-order valence-corrected chi connectivity index (χ2v) is 20.7. The number of halogens is 2. The Balaban J connectivity index is 0.000000357. The van der Waals surface area contributed by atoms with Crippen LogP contribution in [0.5, 0.6) is 23.0 Å². The molecule has 2 aliphatic rings. The minimum atomic E-state index is -0.571. The topological polar surface area (TPSA) is 202 Å². The molecule has 0 amide bonds. The number of ketones is 2. The Hall–Kier alpha value is -4.68. The average molecular weight is 972 g/mol. The van der Waals surface area contributed by atoms with Gasteiger partial charge in [0.2, 0.25) is 0 Å². The van der Waals surface area contributed by atoms with Gasteiger partial charge in [-0.25, -0.2) is 0 Å². The molecule has 0 radical (unpaired) electrons. The van der Waals surface area contributed by atoms with Gasteiger partial charge in [0.25, 0.3) is 0 Å². The zero-order chi connectivity index (χ0) is 51.0. The summed E-state index contributed by atoms with van der Waals surface area (Å²) in [5.41, 5.74) is 1.70. The van der Waals surface area contributed by atoms with E-state index in [0.717, 1.165) is 24.0 Å². The number of benzene rings is 2. The number of ether oxygens (including phenoxy) is 2. The Morgan fingerprint density at radius 1 is 0.672 bits per heavy atom. The maximum Gasteiger partial charge on any atom is 0.306 e. The summed E-state index contributed by atoms with van der Waals surface area (Å²) in [6.07, 6.45) is 7.54. The third-order valence-corrected chi connectivity index (χ3v) is 16.2. The van der Waals surface area contributed by atoms with Crippen LogP contribution in [0.15, 0.2) is 23.3 Å². The number of rotatable bonds is 16. The van der Waals surface area contributed by atoms with Crippen LogP contribution in [0, 0.1) is 54.3 Å². The van der Waals surface area contributed by atoms with Crippen LogP contribution < -0.4 is 0 Å². The van der Waals surface area contributed by atoms with Crippen LogP contribution in [0.4, 0.5) is 0 Å². The summed E-state index contributed by atoms with van der Waals surface area (Å²) in [5, 5.41) is 42.0. The first-order valence-corrected chi connectivity index (χ1v) is 24.0. The molecule has 2 aromatic carbocycles. The lowest BCUT2D eigenvalue weighted by Crippen LogP contribution is -2.44. The summed E-state index contributed by atoms with van der Waals surface area (Å²) in [7, 11) is 0. The highest BCUT2D eigenvalue weighted by molar-refractivity contribution is 6.33. The van der Waals surface area contributed by atoms with E-state index in [-0.39, 0.29) is 133 Å². The van der Waals surface area contributed by atoms with Crippen LogP contribution in [0.2, 0.25) is 10.0 Å². The largest absolute Gasteiger partial charge is 0.507 e. The summed E-state index contributed by atoms with van der Waals surface area (Å²) in [6, 6.07) is 0. The van der Waals surface area contributed by atoms with Crippen molar-refractivity contribution in [1.29, 1.82) is 0 Å². The van der Waals surface area contributed by atoms with Gasteiger partial charge in [0.1, 0.15) is 46.8 Å². The fraction of sp³-hybridized carbons (Fsp3) is 0.585. The summed E-state index contributed by atoms with van der Waals surface area (Å²) in [5.74, 6) is -1.12. The van der Waals surface area contributed by atoms with Crippen molar-refractivity contribution in [2.24, 2.45) is 40.4 Å². The number of hydrogen-bond donors (Lipinski definition) is 4. The lowest BCUT2D eigenvalue weighted by atomic mass is 9.59. The van der Waals surface area contributed by atoms with Crippen molar-refractivity contribution in [3.8, 4) is 23.0 Å². The number of hydrogen-bond acceptors (Lipinski definition) is 12. The van der Waals surface area contributed by atoms with Gasteiger partial charge in [-0.15, -0.1) is 0 Å². The van der Waals surface area contributed by atoms with Crippen molar-refractivity contribution < 1.29 is 58.7 Å². The van der Waals surface area contributed by atoms with E-state index in [9.17, 15) is 49.2 Å². The lowest BCUT2D eigenvalue weighted by molar-refractivity contribution is -0.152. The Kier molecular flexibility index (Phi) is 19.9. The molecular formula is C53H72Cl2O12. The van der Waals surface area contributed by atoms with E-state index in [1.807, 2.05) is 41.5 Å². The molecule has 0 aliphatic heterocycles. The van der Waals surface area contributed by atoms with Gasteiger partial charge in [0, 0.05) is 49.1 Å². The molecule has 12 nitrogen and oxygen atoms in total. The van der Waals surface area contributed by atoms with Gasteiger partial charge in [-0.05, 0) is 117 Å². The Morgan fingerprint density at radius 3 is 1.36 bits per heavy atom. The van der Waals surface area contributed by atoms with E-state index in [4.69, 9.17) is 32.7 Å². The van der Waals surface area contributed by atoms with Crippen molar-refractivity contribution >= 4 is 59.3 Å². The summed E-state index contributed by atoms with van der Waals surface area (Å²) >= 11 is 12.3. The molecule has 14 heteroatoms. The van der Waals surface area contributed by atoms with Gasteiger partial charge in [0.15, 0.2) is 12.6 Å². The third-order valence-electron chi connectivity index (χ3n) is 15.3. The normalized spacial score (nSPS) is 24.4. The van der Waals surface area contributed by atoms with Gasteiger partial charge >= 0.3 is 11.9 Å². The molecular weight excluding hydrogens is 899 g/mol. The summed E-state index contributed by atoms with van der Waals surface area (Å²) in [4.78, 5) is 72.3. The zero-order valence-corrected chi connectivity index (χ0v) is 43.0. The molecule has 0 bridgehead atoms. The smallest absolute Gasteiger partial charge is 0.306 e. The fourth-order valence-corrected chi connectivity index (χ4v) is 9.94. The molecule has 0 spiro atoms. The quantitative estimate of drug-likeness (QED) is 0.0705. The molecule has 0 heterocycles. The van der Waals surface area contributed by atoms with Gasteiger partial charge in [-0.3, -0.25) is 28.8 Å². The standard InChI is InChI=1S/C28H39ClO6.C25H33ClO6/c1-15(2)12-24(32)35-23(13-28(7)17(4)9-11-22(31)19(28)6)16(3)8-10-20-26(33)21(14-30)18(5)25(29)27(20)34;1-13(7-9-18-23(30)19(12-27)15(3)22(26)24(18)31)21(32-17(5)28)11-25(6)14(2)8-10-20(29)16(25)4/h8,14-15,17,19,23,33-34H,9-13H2,1-7H3;7,12,14,16,21,30-31H,8-11H2,1-6H3/b16-8+;13-7+/t17-,19+,23-,28+;14-,16+,21-,25+/m11/s1. The van der Waals surface area contributed by atoms with Crippen molar-refractivity contribution in [2.45, 2.75) is 160 Å². The molecule has 0 unspecified atom stereocenters. The highest BCUT2D eigenvalue weighted by Gasteiger charge is 2.47. The molecule has 0 saturated heterocycles. The molecule has 2 saturated carbocycles. The Bertz CT molecular complexity index is 2280. The van der Waals surface area contributed by atoms with Gasteiger partial charge in [0.05, 0.1) is 21.2 Å². The predicted molar refractivity (Wildman–Crippen MR) is 260 cm³/mol. The monoisotopic (exact) mass is 970 g/mol. The van der Waals surface area contributed by atoms with Gasteiger partial charge in [-0.1, -0.05) is 90.7 Å². The molecule has 0 aromatic heterocycles. The molecule has 2 fully saturated rings. The van der Waals surface area contributed by atoms with E-state index in [2.05, 4.69) is 27.7 Å². The van der Waals surface area contributed by atoms with E-state index in [1.54, 1.807) is 26.0 Å². The molecule has 8 atom stereocenters. The average Bonchev–Trinajstić information content (AvgIpc) is 3.26. The first-order chi connectivity index (χ1) is 31.1. The fourth-order valence-electron chi connectivity index (χ4n) is 9.51.